The molecule has 3 amide bonds. The smallest absolute Gasteiger partial charge is 0.264 e. The van der Waals surface area contributed by atoms with E-state index in [0.717, 1.165) is 33.2 Å². The molecule has 3 N–H and O–H groups in total. The van der Waals surface area contributed by atoms with Gasteiger partial charge in [-0.1, -0.05) is 73.1 Å². The van der Waals surface area contributed by atoms with E-state index in [9.17, 15) is 19.5 Å². The minimum absolute atomic E-state index is 0.126. The first-order chi connectivity index (χ1) is 26.4. The van der Waals surface area contributed by atoms with E-state index in [0.29, 0.717) is 34.9 Å². The highest BCUT2D eigenvalue weighted by Gasteiger charge is 2.67. The van der Waals surface area contributed by atoms with Gasteiger partial charge in [0.2, 0.25) is 20.2 Å². The number of aliphatic hydroxyl groups excluding tert-OH is 1. The van der Waals surface area contributed by atoms with E-state index in [-0.39, 0.29) is 43.7 Å². The number of fused-ring (bicyclic) bond motifs is 4. The van der Waals surface area contributed by atoms with Crippen molar-refractivity contribution < 1.29 is 28.3 Å². The fraction of sp³-hybridized carbons (Fsp3) is 0.326. The molecule has 1 spiro atoms. The van der Waals surface area contributed by atoms with Gasteiger partial charge in [0.1, 0.15) is 0 Å². The molecule has 12 heteroatoms. The molecule has 0 aliphatic carbocycles. The van der Waals surface area contributed by atoms with Gasteiger partial charge in [0.05, 0.1) is 43.8 Å². The molecule has 0 radical (unpaired) electrons. The van der Waals surface area contributed by atoms with Crippen molar-refractivity contribution in [2.24, 2.45) is 5.92 Å². The van der Waals surface area contributed by atoms with E-state index in [1.165, 1.54) is 0 Å². The van der Waals surface area contributed by atoms with Crippen LogP contribution in [0.25, 0.3) is 10.9 Å². The van der Waals surface area contributed by atoms with Gasteiger partial charge in [-0.2, -0.15) is 0 Å². The summed E-state index contributed by atoms with van der Waals surface area (Å²) < 4.78 is 23.4. The lowest BCUT2D eigenvalue weighted by molar-refractivity contribution is -0.151. The first kappa shape index (κ1) is 37.1. The van der Waals surface area contributed by atoms with Crippen LogP contribution in [0.5, 0.6) is 0 Å². The van der Waals surface area contributed by atoms with E-state index >= 15 is 4.11 Å². The number of aromatic amines is 1. The zero-order valence-electron chi connectivity index (χ0n) is 31.0. The van der Waals surface area contributed by atoms with Crippen LogP contribution in [0.4, 0.5) is 15.5 Å². The van der Waals surface area contributed by atoms with Gasteiger partial charge in [-0.05, 0) is 78.2 Å². The second kappa shape index (κ2) is 14.4. The van der Waals surface area contributed by atoms with Crippen LogP contribution in [-0.4, -0.2) is 59.9 Å². The molecule has 55 heavy (non-hydrogen) atoms. The lowest BCUT2D eigenvalue weighted by Gasteiger charge is -2.37. The van der Waals surface area contributed by atoms with Crippen LogP contribution in [0.15, 0.2) is 97.2 Å². The highest BCUT2D eigenvalue weighted by atomic mass is 35.5. The molecule has 1 aromatic heterocycles. The number of carbonyl (C=O) groups is 3. The molecule has 1 saturated heterocycles. The quantitative estimate of drug-likeness (QED) is 0.105. The third-order valence-electron chi connectivity index (χ3n) is 11.8. The third kappa shape index (κ3) is 6.67. The number of nitrogens with one attached hydrogen (secondary N) is 2. The number of hydrogen-bond acceptors (Lipinski definition) is 5. The van der Waals surface area contributed by atoms with Crippen LogP contribution >= 0.6 is 11.6 Å². The van der Waals surface area contributed by atoms with Gasteiger partial charge < -0.3 is 34.1 Å². The zero-order chi connectivity index (χ0) is 38.6. The molecule has 4 aromatic carbocycles. The first-order valence-electron chi connectivity index (χ1n) is 18.8. The average Bonchev–Trinajstić information content (AvgIpc) is 3.77. The van der Waals surface area contributed by atoms with Crippen molar-refractivity contribution in [1.82, 2.24) is 9.88 Å². The number of amides is 3. The van der Waals surface area contributed by atoms with Crippen molar-refractivity contribution in [2.45, 2.75) is 75.7 Å². The summed E-state index contributed by atoms with van der Waals surface area (Å²) in [5, 5.41) is 14.7. The average molecular weight is 779 g/mol. The summed E-state index contributed by atoms with van der Waals surface area (Å²) in [7, 11) is -3.56. The molecule has 9 nitrogen and oxygen atoms in total. The summed E-state index contributed by atoms with van der Waals surface area (Å²) in [6, 6.07) is 27.9. The zero-order valence-corrected chi connectivity index (χ0v) is 32.8. The van der Waals surface area contributed by atoms with Crippen molar-refractivity contribution in [3.63, 3.8) is 0 Å². The van der Waals surface area contributed by atoms with Gasteiger partial charge in [0.15, 0.2) is 5.60 Å². The van der Waals surface area contributed by atoms with E-state index in [2.05, 4.69) is 10.3 Å². The number of ether oxygens (including phenoxy) is 1. The number of benzene rings is 4. The van der Waals surface area contributed by atoms with Gasteiger partial charge in [0, 0.05) is 51.4 Å². The van der Waals surface area contributed by atoms with Crippen molar-refractivity contribution >= 4 is 60.0 Å². The number of aliphatic hydroxyl groups is 1. The molecular formula is C43H44ClFN4O5Si. The van der Waals surface area contributed by atoms with Crippen LogP contribution in [0.1, 0.15) is 41.2 Å². The van der Waals surface area contributed by atoms with E-state index in [1.54, 1.807) is 41.1 Å². The highest BCUT2D eigenvalue weighted by Crippen LogP contribution is 2.60. The van der Waals surface area contributed by atoms with Crippen molar-refractivity contribution in [3.8, 4) is 0 Å². The normalized spacial score (nSPS) is 23.3. The molecule has 4 heterocycles. The van der Waals surface area contributed by atoms with E-state index in [1.807, 2.05) is 85.9 Å². The van der Waals surface area contributed by atoms with Crippen LogP contribution in [0, 0.1) is 5.92 Å². The Morgan fingerprint density at radius 2 is 1.80 bits per heavy atom. The number of aromatic nitrogens is 1. The Hall–Kier alpha value is -4.81. The number of hydrogen-bond donors (Lipinski definition) is 3. The summed E-state index contributed by atoms with van der Waals surface area (Å²) >= 11 is 6.58. The van der Waals surface area contributed by atoms with E-state index < -0.39 is 37.6 Å². The topological polar surface area (TPSA) is 115 Å². The molecule has 8 rings (SSSR count). The minimum Gasteiger partial charge on any atom is -0.394 e. The second-order valence-corrected chi connectivity index (χ2v) is 19.9. The van der Waals surface area contributed by atoms with Gasteiger partial charge in [-0.15, -0.1) is 0 Å². The molecule has 0 saturated carbocycles. The Balaban J connectivity index is 1.05. The Labute approximate surface area is 325 Å². The van der Waals surface area contributed by atoms with Gasteiger partial charge >= 0.3 is 0 Å². The number of para-hydroxylation sites is 1. The number of carbonyl (C=O) groups excluding carboxylic acids is 3. The summed E-state index contributed by atoms with van der Waals surface area (Å²) in [6.07, 6.45) is 1.55. The SMILES string of the molecule is C[C@@H]1[C@@H]([Si](C)(C)F)[C@H](CC(=O)N2Cc3ccccc3C[C@H]2CO)O[C@@]12C(=O)N(Cc1cccc(NC(=O)Cc3c[nH]c4ccccc34)c1)c1ccc(Cl)cc12. The third-order valence-corrected chi connectivity index (χ3v) is 14.5. The van der Waals surface area contributed by atoms with Crippen LogP contribution in [-0.2, 0) is 50.7 Å². The predicted molar refractivity (Wildman–Crippen MR) is 214 cm³/mol. The number of nitrogens with zero attached hydrogens (tertiary/aromatic N) is 2. The highest BCUT2D eigenvalue weighted by molar-refractivity contribution is 6.72. The summed E-state index contributed by atoms with van der Waals surface area (Å²) in [5.74, 6) is -1.37. The first-order valence-corrected chi connectivity index (χ1v) is 22.1. The Bertz CT molecular complexity index is 2310. The summed E-state index contributed by atoms with van der Waals surface area (Å²) in [5.41, 5.74) is 4.23. The molecule has 0 unspecified atom stereocenters. The minimum atomic E-state index is -3.56. The van der Waals surface area contributed by atoms with E-state index in [4.69, 9.17) is 16.3 Å². The van der Waals surface area contributed by atoms with Crippen LogP contribution < -0.4 is 10.2 Å². The molecule has 3 aliphatic heterocycles. The maximum absolute atomic E-state index is 16.5. The predicted octanol–water partition coefficient (Wildman–Crippen LogP) is 7.66. The summed E-state index contributed by atoms with van der Waals surface area (Å²) in [4.78, 5) is 48.8. The van der Waals surface area contributed by atoms with Crippen molar-refractivity contribution in [2.75, 3.05) is 16.8 Å². The maximum Gasteiger partial charge on any atom is 0.264 e. The number of halogens is 2. The fourth-order valence-electron chi connectivity index (χ4n) is 9.29. The molecule has 3 aliphatic rings. The molecule has 284 valence electrons. The number of rotatable bonds is 9. The molecule has 1 fully saturated rings. The number of H-pyrrole nitrogens is 1. The lowest BCUT2D eigenvalue weighted by Crippen LogP contribution is -2.48. The number of anilines is 2. The van der Waals surface area contributed by atoms with Crippen LogP contribution in [0.2, 0.25) is 23.7 Å². The summed E-state index contributed by atoms with van der Waals surface area (Å²) in [6.45, 7) is 5.36. The monoisotopic (exact) mass is 778 g/mol. The molecule has 5 aromatic rings. The lowest BCUT2D eigenvalue weighted by atomic mass is 9.82. The molecular weight excluding hydrogens is 735 g/mol. The van der Waals surface area contributed by atoms with Gasteiger partial charge in [0.25, 0.3) is 5.91 Å². The Morgan fingerprint density at radius 3 is 2.58 bits per heavy atom. The largest absolute Gasteiger partial charge is 0.394 e. The second-order valence-electron chi connectivity index (χ2n) is 15.6. The maximum atomic E-state index is 16.5. The van der Waals surface area contributed by atoms with Gasteiger partial charge in [-0.3, -0.25) is 14.4 Å². The Morgan fingerprint density at radius 1 is 1.04 bits per heavy atom. The van der Waals surface area contributed by atoms with Crippen molar-refractivity contribution in [3.05, 3.63) is 130 Å². The Kier molecular flexibility index (Phi) is 9.69. The van der Waals surface area contributed by atoms with Crippen LogP contribution in [0.3, 0.4) is 0 Å². The fourth-order valence-corrected chi connectivity index (χ4v) is 12.0. The van der Waals surface area contributed by atoms with Gasteiger partial charge in [-0.25, -0.2) is 0 Å². The standard InChI is InChI=1S/C43H44ClFN4O5Si/c1-26-41(55(2,3)45)38(21-40(52)48-24-29-11-5-4-10-28(29)18-33(48)25-50)54-43(26)35-20-31(44)15-16-37(35)49(42(43)53)23-27-9-8-12-32(17-27)47-39(51)19-30-22-46-36-14-7-6-13-34(30)36/h4-17,20,22,26,33,38,41,46,50H,18-19,21,23-25H2,1-3H3,(H,47,51)/t26-,33+,38+,41-,43+/m1/s1. The van der Waals surface area contributed by atoms with Crippen molar-refractivity contribution in [1.29, 1.82) is 0 Å². The molecule has 0 bridgehead atoms. The molecule has 5 atom stereocenters.